The molecule has 4 rings (SSSR count). The molecule has 0 amide bonds. The van der Waals surface area contributed by atoms with E-state index in [1.54, 1.807) is 36.7 Å². The van der Waals surface area contributed by atoms with Crippen LogP contribution in [0.4, 0.5) is 19.0 Å². The van der Waals surface area contributed by atoms with Gasteiger partial charge >= 0.3 is 12.3 Å². The molecule has 0 bridgehead atoms. The lowest BCUT2D eigenvalue weighted by Crippen LogP contribution is -2.17. The van der Waals surface area contributed by atoms with Crippen LogP contribution >= 0.6 is 0 Å². The summed E-state index contributed by atoms with van der Waals surface area (Å²) < 4.78 is 42.5. The number of halogens is 3. The summed E-state index contributed by atoms with van der Waals surface area (Å²) in [6.07, 6.45) is -0.165. The lowest BCUT2D eigenvalue weighted by atomic mass is 10.1. The molecule has 0 aliphatic heterocycles. The van der Waals surface area contributed by atoms with Gasteiger partial charge in [0.05, 0.1) is 6.20 Å². The summed E-state index contributed by atoms with van der Waals surface area (Å²) in [5.41, 5.74) is 2.69. The minimum atomic E-state index is -4.74. The summed E-state index contributed by atoms with van der Waals surface area (Å²) in [5.74, 6) is -0.835. The van der Waals surface area contributed by atoms with Gasteiger partial charge in [0.15, 0.2) is 5.69 Å². The van der Waals surface area contributed by atoms with Crippen LogP contribution in [-0.2, 0) is 6.54 Å². The number of aromatic nitrogens is 3. The Balaban J connectivity index is 1.47. The minimum absolute atomic E-state index is 0.0554. The predicted molar refractivity (Wildman–Crippen MR) is 106 cm³/mol. The molecule has 31 heavy (non-hydrogen) atoms. The number of fused-ring (bicyclic) bond motifs is 1. The third kappa shape index (κ3) is 4.74. The summed E-state index contributed by atoms with van der Waals surface area (Å²) in [6.45, 7) is 0.254. The van der Waals surface area contributed by atoms with E-state index in [4.69, 9.17) is 0 Å². The second kappa shape index (κ2) is 7.98. The highest BCUT2D eigenvalue weighted by Crippen LogP contribution is 2.24. The molecule has 0 radical (unpaired) electrons. The normalized spacial score (nSPS) is 11.5. The first-order valence-electron chi connectivity index (χ1n) is 9.04. The number of hydrogen-bond acceptors (Lipinski definition) is 5. The molecule has 0 atom stereocenters. The van der Waals surface area contributed by atoms with Gasteiger partial charge in [-0.25, -0.2) is 14.8 Å². The Morgan fingerprint density at radius 2 is 1.87 bits per heavy atom. The number of anilines is 1. The number of pyridine rings is 2. The highest BCUT2D eigenvalue weighted by Gasteiger charge is 2.31. The van der Waals surface area contributed by atoms with E-state index in [1.165, 1.54) is 28.8 Å². The Kier molecular flexibility index (Phi) is 5.20. The Labute approximate surface area is 173 Å². The van der Waals surface area contributed by atoms with Crippen molar-refractivity contribution in [1.82, 2.24) is 14.4 Å². The maximum Gasteiger partial charge on any atom is 0.573 e. The lowest BCUT2D eigenvalue weighted by Gasteiger charge is -2.11. The van der Waals surface area contributed by atoms with Gasteiger partial charge in [0.2, 0.25) is 0 Å². The minimum Gasteiger partial charge on any atom is -0.477 e. The summed E-state index contributed by atoms with van der Waals surface area (Å²) in [4.78, 5) is 19.7. The number of alkyl halides is 3. The summed E-state index contributed by atoms with van der Waals surface area (Å²) >= 11 is 0. The zero-order chi connectivity index (χ0) is 22.0. The van der Waals surface area contributed by atoms with E-state index in [9.17, 15) is 23.1 Å². The number of nitrogens with one attached hydrogen (secondary N) is 1. The number of carbonyl (C=O) groups is 1. The molecular weight excluding hydrogens is 413 g/mol. The van der Waals surface area contributed by atoms with Crippen molar-refractivity contribution in [2.75, 3.05) is 5.32 Å². The average molecular weight is 428 g/mol. The van der Waals surface area contributed by atoms with Gasteiger partial charge in [0.25, 0.3) is 0 Å². The van der Waals surface area contributed by atoms with Crippen molar-refractivity contribution < 1.29 is 27.8 Å². The number of hydrogen-bond donors (Lipinski definition) is 2. The van der Waals surface area contributed by atoms with Crippen molar-refractivity contribution in [3.05, 3.63) is 78.4 Å². The van der Waals surface area contributed by atoms with Crippen LogP contribution in [0.25, 0.3) is 16.8 Å². The lowest BCUT2D eigenvalue weighted by molar-refractivity contribution is -0.274. The molecular formula is C21H15F3N4O3. The third-order valence-electron chi connectivity index (χ3n) is 4.43. The van der Waals surface area contributed by atoms with Gasteiger partial charge in [-0.3, -0.25) is 4.40 Å². The van der Waals surface area contributed by atoms with Crippen molar-refractivity contribution in [3.63, 3.8) is 0 Å². The van der Waals surface area contributed by atoms with Gasteiger partial charge in [0, 0.05) is 30.1 Å². The van der Waals surface area contributed by atoms with Crippen LogP contribution in [0.2, 0.25) is 0 Å². The number of benzene rings is 1. The fourth-order valence-corrected chi connectivity index (χ4v) is 3.02. The van der Waals surface area contributed by atoms with E-state index in [2.05, 4.69) is 20.0 Å². The Morgan fingerprint density at radius 1 is 1.06 bits per heavy atom. The summed E-state index contributed by atoms with van der Waals surface area (Å²) in [7, 11) is 0. The number of imidazole rings is 1. The van der Waals surface area contributed by atoms with E-state index in [1.807, 2.05) is 6.07 Å². The molecule has 4 aromatic rings. The van der Waals surface area contributed by atoms with Crippen LogP contribution in [0.5, 0.6) is 5.75 Å². The van der Waals surface area contributed by atoms with Crippen molar-refractivity contribution in [2.24, 2.45) is 0 Å². The van der Waals surface area contributed by atoms with Crippen molar-refractivity contribution in [1.29, 1.82) is 0 Å². The second-order valence-electron chi connectivity index (χ2n) is 6.58. The third-order valence-corrected chi connectivity index (χ3v) is 4.43. The molecule has 0 aliphatic carbocycles. The smallest absolute Gasteiger partial charge is 0.477 e. The van der Waals surface area contributed by atoms with Crippen LogP contribution in [0.15, 0.2) is 67.1 Å². The quantitative estimate of drug-likeness (QED) is 0.467. The summed E-state index contributed by atoms with van der Waals surface area (Å²) in [5, 5.41) is 12.3. The monoisotopic (exact) mass is 428 g/mol. The molecule has 1 aromatic carbocycles. The predicted octanol–water partition coefficient (Wildman–Crippen LogP) is 4.61. The Hall–Kier alpha value is -4.08. The first kappa shape index (κ1) is 20.2. The molecule has 0 unspecified atom stereocenters. The number of aromatic carboxylic acids is 1. The van der Waals surface area contributed by atoms with Crippen molar-refractivity contribution in [3.8, 4) is 16.9 Å². The highest BCUT2D eigenvalue weighted by molar-refractivity contribution is 5.86. The Bertz CT molecular complexity index is 1240. The van der Waals surface area contributed by atoms with Crippen molar-refractivity contribution in [2.45, 2.75) is 12.9 Å². The van der Waals surface area contributed by atoms with Crippen LogP contribution in [-0.4, -0.2) is 31.8 Å². The van der Waals surface area contributed by atoms with Crippen molar-refractivity contribution >= 4 is 17.4 Å². The van der Waals surface area contributed by atoms with E-state index in [0.29, 0.717) is 17.0 Å². The van der Waals surface area contributed by atoms with Gasteiger partial charge in [0.1, 0.15) is 17.2 Å². The van der Waals surface area contributed by atoms with Gasteiger partial charge in [-0.05, 0) is 42.0 Å². The fourth-order valence-electron chi connectivity index (χ4n) is 3.02. The molecule has 3 heterocycles. The van der Waals surface area contributed by atoms with E-state index < -0.39 is 12.3 Å². The van der Waals surface area contributed by atoms with Crippen LogP contribution in [0, 0.1) is 0 Å². The SMILES string of the molecule is O=C(O)c1cnc2ccc(-c3ccc(NCc4cccc(OC(F)(F)F)c4)nc3)cn12. The maximum atomic E-state index is 12.3. The molecule has 2 N–H and O–H groups in total. The number of ether oxygens (including phenoxy) is 1. The molecule has 0 fully saturated rings. The highest BCUT2D eigenvalue weighted by atomic mass is 19.4. The fraction of sp³-hybridized carbons (Fsp3) is 0.0952. The summed E-state index contributed by atoms with van der Waals surface area (Å²) in [6, 6.07) is 12.7. The van der Waals surface area contributed by atoms with E-state index in [-0.39, 0.29) is 18.0 Å². The zero-order valence-corrected chi connectivity index (χ0v) is 15.8. The molecule has 0 saturated heterocycles. The van der Waals surface area contributed by atoms with Crippen LogP contribution < -0.4 is 10.1 Å². The Morgan fingerprint density at radius 3 is 2.58 bits per heavy atom. The van der Waals surface area contributed by atoms with Gasteiger partial charge in [-0.2, -0.15) is 0 Å². The zero-order valence-electron chi connectivity index (χ0n) is 15.8. The number of carboxylic acids is 1. The first-order chi connectivity index (χ1) is 14.8. The molecule has 0 aliphatic rings. The molecule has 3 aromatic heterocycles. The van der Waals surface area contributed by atoms with Gasteiger partial charge < -0.3 is 15.2 Å². The average Bonchev–Trinajstić information content (AvgIpc) is 3.15. The van der Waals surface area contributed by atoms with E-state index >= 15 is 0 Å². The van der Waals surface area contributed by atoms with Crippen LogP contribution in [0.1, 0.15) is 16.1 Å². The maximum absolute atomic E-state index is 12.3. The molecule has 10 heteroatoms. The van der Waals surface area contributed by atoms with E-state index in [0.717, 1.165) is 11.1 Å². The number of nitrogens with zero attached hydrogens (tertiary/aromatic N) is 3. The number of rotatable bonds is 6. The second-order valence-corrected chi connectivity index (χ2v) is 6.58. The topological polar surface area (TPSA) is 88.8 Å². The van der Waals surface area contributed by atoms with Gasteiger partial charge in [-0.15, -0.1) is 13.2 Å². The van der Waals surface area contributed by atoms with Gasteiger partial charge in [-0.1, -0.05) is 12.1 Å². The standard InChI is InChI=1S/C21H15F3N4O3/c22-21(23,24)31-16-3-1-2-13(8-16)9-25-18-6-4-14(10-26-18)15-5-7-19-27-11-17(20(29)30)28(19)12-15/h1-8,10-12H,9H2,(H,25,26)(H,29,30). The molecule has 0 spiro atoms. The molecule has 7 nitrogen and oxygen atoms in total. The molecule has 158 valence electrons. The molecule has 0 saturated carbocycles. The van der Waals surface area contributed by atoms with Crippen LogP contribution in [0.3, 0.4) is 0 Å². The largest absolute Gasteiger partial charge is 0.573 e. The number of carboxylic acid groups (broad SMARTS) is 1. The first-order valence-corrected chi connectivity index (χ1v) is 9.04.